The van der Waals surface area contributed by atoms with Gasteiger partial charge in [0.1, 0.15) is 5.75 Å². The second-order valence-corrected chi connectivity index (χ2v) is 7.14. The highest BCUT2D eigenvalue weighted by atomic mass is 35.5. The third-order valence-electron chi connectivity index (χ3n) is 4.65. The zero-order chi connectivity index (χ0) is 21.7. The number of hydrogen-bond donors (Lipinski definition) is 1. The largest absolute Gasteiger partial charge is 0.482 e. The van der Waals surface area contributed by atoms with E-state index in [9.17, 15) is 14.9 Å². The lowest BCUT2D eigenvalue weighted by Crippen LogP contribution is -2.28. The number of carbonyl (C=O) groups is 1. The zero-order valence-corrected chi connectivity index (χ0v) is 17.3. The van der Waals surface area contributed by atoms with Gasteiger partial charge >= 0.3 is 0 Å². The van der Waals surface area contributed by atoms with Crippen LogP contribution in [0.4, 0.5) is 5.69 Å². The van der Waals surface area contributed by atoms with Crippen LogP contribution in [-0.2, 0) is 17.9 Å². The Morgan fingerprint density at radius 2 is 1.97 bits per heavy atom. The lowest BCUT2D eigenvalue weighted by atomic mass is 10.2. The number of benzene rings is 2. The molecule has 1 amide bonds. The van der Waals surface area contributed by atoms with Crippen molar-refractivity contribution >= 4 is 23.2 Å². The van der Waals surface area contributed by atoms with Crippen molar-refractivity contribution in [3.8, 4) is 5.75 Å². The molecule has 3 rings (SSSR count). The van der Waals surface area contributed by atoms with Crippen LogP contribution in [0.3, 0.4) is 0 Å². The molecule has 0 aliphatic carbocycles. The first-order valence-electron chi connectivity index (χ1n) is 9.25. The third-order valence-corrected chi connectivity index (χ3v) is 4.95. The van der Waals surface area contributed by atoms with Gasteiger partial charge in [-0.25, -0.2) is 0 Å². The molecular weight excluding hydrogens is 408 g/mol. The van der Waals surface area contributed by atoms with Gasteiger partial charge in [0.25, 0.3) is 11.6 Å². The van der Waals surface area contributed by atoms with Crippen LogP contribution in [0, 0.1) is 24.0 Å². The molecule has 8 nitrogen and oxygen atoms in total. The van der Waals surface area contributed by atoms with Gasteiger partial charge in [0, 0.05) is 29.9 Å². The Bertz CT molecular complexity index is 1070. The van der Waals surface area contributed by atoms with Crippen molar-refractivity contribution < 1.29 is 14.5 Å². The molecule has 0 radical (unpaired) electrons. The summed E-state index contributed by atoms with van der Waals surface area (Å²) in [6.45, 7) is 4.60. The number of nitro groups is 1. The fraction of sp³-hybridized carbons (Fsp3) is 0.238. The van der Waals surface area contributed by atoms with Gasteiger partial charge in [0.05, 0.1) is 22.2 Å². The van der Waals surface area contributed by atoms with E-state index in [0.717, 1.165) is 22.5 Å². The Morgan fingerprint density at radius 3 is 2.63 bits per heavy atom. The highest BCUT2D eigenvalue weighted by Gasteiger charge is 2.14. The number of nitrogens with one attached hydrogen (secondary N) is 1. The van der Waals surface area contributed by atoms with Crippen molar-refractivity contribution in [2.45, 2.75) is 26.9 Å². The average Bonchev–Trinajstić information content (AvgIpc) is 2.98. The molecule has 9 heteroatoms. The van der Waals surface area contributed by atoms with Gasteiger partial charge in [0.2, 0.25) is 0 Å². The van der Waals surface area contributed by atoms with Crippen molar-refractivity contribution in [1.82, 2.24) is 15.1 Å². The normalized spacial score (nSPS) is 10.6. The van der Waals surface area contributed by atoms with Gasteiger partial charge < -0.3 is 10.1 Å². The van der Waals surface area contributed by atoms with E-state index in [4.69, 9.17) is 16.3 Å². The molecule has 156 valence electrons. The highest BCUT2D eigenvalue weighted by Crippen LogP contribution is 2.28. The van der Waals surface area contributed by atoms with Gasteiger partial charge in [-0.15, -0.1) is 0 Å². The summed E-state index contributed by atoms with van der Waals surface area (Å²) in [5.41, 5.74) is 3.79. The van der Waals surface area contributed by atoms with E-state index in [1.54, 1.807) is 0 Å². The first kappa shape index (κ1) is 21.3. The fourth-order valence-electron chi connectivity index (χ4n) is 3.00. The first-order chi connectivity index (χ1) is 14.3. The van der Waals surface area contributed by atoms with E-state index >= 15 is 0 Å². The Balaban J connectivity index is 1.56. The van der Waals surface area contributed by atoms with Crippen LogP contribution >= 0.6 is 11.6 Å². The van der Waals surface area contributed by atoms with E-state index in [2.05, 4.69) is 10.4 Å². The number of amides is 1. The number of halogens is 1. The van der Waals surface area contributed by atoms with Crippen LogP contribution in [0.15, 0.2) is 48.5 Å². The highest BCUT2D eigenvalue weighted by molar-refractivity contribution is 6.32. The molecule has 0 fully saturated rings. The minimum atomic E-state index is -0.551. The second-order valence-electron chi connectivity index (χ2n) is 6.73. The van der Waals surface area contributed by atoms with Crippen molar-refractivity contribution in [1.29, 1.82) is 0 Å². The van der Waals surface area contributed by atoms with E-state index in [1.165, 1.54) is 18.2 Å². The minimum Gasteiger partial charge on any atom is -0.482 e. The molecule has 0 aliphatic heterocycles. The number of non-ortho nitro benzene ring substituents is 1. The molecule has 0 saturated carbocycles. The molecule has 0 saturated heterocycles. The number of hydrogen-bond acceptors (Lipinski definition) is 5. The minimum absolute atomic E-state index is 0.0749. The Hall–Kier alpha value is -3.39. The van der Waals surface area contributed by atoms with Crippen molar-refractivity contribution in [2.24, 2.45) is 0 Å². The number of nitrogens with zero attached hydrogens (tertiary/aromatic N) is 3. The van der Waals surface area contributed by atoms with E-state index in [0.29, 0.717) is 13.1 Å². The second kappa shape index (κ2) is 9.41. The smallest absolute Gasteiger partial charge is 0.271 e. The van der Waals surface area contributed by atoms with E-state index in [-0.39, 0.29) is 29.0 Å². The Morgan fingerprint density at radius 1 is 1.23 bits per heavy atom. The van der Waals surface area contributed by atoms with Gasteiger partial charge in [-0.3, -0.25) is 19.6 Å². The van der Waals surface area contributed by atoms with Gasteiger partial charge in [-0.1, -0.05) is 41.9 Å². The molecule has 1 heterocycles. The fourth-order valence-corrected chi connectivity index (χ4v) is 3.23. The number of nitro benzene ring substituents is 1. The van der Waals surface area contributed by atoms with Crippen LogP contribution in [0.1, 0.15) is 22.5 Å². The third kappa shape index (κ3) is 5.15. The number of aryl methyl sites for hydroxylation is 1. The maximum Gasteiger partial charge on any atom is 0.271 e. The van der Waals surface area contributed by atoms with Crippen molar-refractivity contribution in [3.63, 3.8) is 0 Å². The standard InChI is InChI=1S/C21H21ClN4O4/c1-14-18(15(2)25(24-14)12-16-6-4-3-5-7-16)11-23-21(27)13-30-20-9-8-17(26(28)29)10-19(20)22/h3-10H,11-13H2,1-2H3,(H,23,27). The summed E-state index contributed by atoms with van der Waals surface area (Å²) in [4.78, 5) is 22.4. The Labute approximate surface area is 178 Å². The summed E-state index contributed by atoms with van der Waals surface area (Å²) < 4.78 is 7.29. The molecule has 1 N–H and O–H groups in total. The predicted molar refractivity (Wildman–Crippen MR) is 113 cm³/mol. The topological polar surface area (TPSA) is 99.3 Å². The van der Waals surface area contributed by atoms with Crippen molar-refractivity contribution in [3.05, 3.63) is 86.2 Å². The van der Waals surface area contributed by atoms with Crippen LogP contribution in [0.2, 0.25) is 5.02 Å². The van der Waals surface area contributed by atoms with E-state index < -0.39 is 4.92 Å². The molecule has 0 atom stereocenters. The predicted octanol–water partition coefficient (Wildman–Crippen LogP) is 3.81. The summed E-state index contributed by atoms with van der Waals surface area (Å²) in [5.74, 6) is -0.125. The molecular formula is C21H21ClN4O4. The summed E-state index contributed by atoms with van der Waals surface area (Å²) in [6.07, 6.45) is 0. The summed E-state index contributed by atoms with van der Waals surface area (Å²) in [7, 11) is 0. The van der Waals surface area contributed by atoms with E-state index in [1.807, 2.05) is 48.9 Å². The molecule has 0 spiro atoms. The number of aromatic nitrogens is 2. The zero-order valence-electron chi connectivity index (χ0n) is 16.6. The van der Waals surface area contributed by atoms with Gasteiger partial charge in [-0.2, -0.15) is 5.10 Å². The first-order valence-corrected chi connectivity index (χ1v) is 9.63. The molecule has 1 aromatic heterocycles. The average molecular weight is 429 g/mol. The quantitative estimate of drug-likeness (QED) is 0.434. The SMILES string of the molecule is Cc1nn(Cc2ccccc2)c(C)c1CNC(=O)COc1ccc([N+](=O)[O-])cc1Cl. The summed E-state index contributed by atoms with van der Waals surface area (Å²) >= 11 is 5.97. The lowest BCUT2D eigenvalue weighted by Gasteiger charge is -2.09. The maximum absolute atomic E-state index is 12.2. The molecule has 0 aliphatic rings. The summed E-state index contributed by atoms with van der Waals surface area (Å²) in [5, 5.41) is 18.2. The van der Waals surface area contributed by atoms with Crippen LogP contribution in [0.5, 0.6) is 5.75 Å². The summed E-state index contributed by atoms with van der Waals surface area (Å²) in [6, 6.07) is 13.8. The van der Waals surface area contributed by atoms with Gasteiger partial charge in [0.15, 0.2) is 6.61 Å². The van der Waals surface area contributed by atoms with Crippen LogP contribution < -0.4 is 10.1 Å². The Kier molecular flexibility index (Phi) is 6.68. The molecule has 2 aromatic carbocycles. The van der Waals surface area contributed by atoms with Gasteiger partial charge in [-0.05, 0) is 25.5 Å². The molecule has 0 unspecified atom stereocenters. The molecule has 0 bridgehead atoms. The maximum atomic E-state index is 12.2. The lowest BCUT2D eigenvalue weighted by molar-refractivity contribution is -0.384. The van der Waals surface area contributed by atoms with Crippen LogP contribution in [0.25, 0.3) is 0 Å². The molecule has 3 aromatic rings. The number of rotatable bonds is 8. The van der Waals surface area contributed by atoms with Crippen molar-refractivity contribution in [2.75, 3.05) is 6.61 Å². The number of ether oxygens (including phenoxy) is 1. The monoisotopic (exact) mass is 428 g/mol. The molecule has 30 heavy (non-hydrogen) atoms. The number of carbonyl (C=O) groups excluding carboxylic acids is 1. The van der Waals surface area contributed by atoms with Crippen LogP contribution in [-0.4, -0.2) is 27.2 Å².